The first kappa shape index (κ1) is 13.1. The largest absolute Gasteiger partial charge is 0.307 e. The van der Waals surface area contributed by atoms with Gasteiger partial charge >= 0.3 is 0 Å². The highest BCUT2D eigenvalue weighted by Crippen LogP contribution is 2.21. The molecular formula is C12H19N3S. The SMILES string of the molecule is CCC(CC#N)NCc1ncc(C(C)C)s1. The standard InChI is InChI=1S/C12H19N3S/c1-4-10(5-6-13)14-8-12-15-7-11(16-12)9(2)3/h7,9-10,14H,4-5,8H2,1-3H3. The van der Waals surface area contributed by atoms with Crippen LogP contribution in [0.5, 0.6) is 0 Å². The van der Waals surface area contributed by atoms with E-state index in [1.807, 2.05) is 6.20 Å². The minimum Gasteiger partial charge on any atom is -0.307 e. The van der Waals surface area contributed by atoms with E-state index >= 15 is 0 Å². The molecule has 0 amide bonds. The van der Waals surface area contributed by atoms with Crippen LogP contribution in [0.1, 0.15) is 49.4 Å². The van der Waals surface area contributed by atoms with Crippen LogP contribution in [0.4, 0.5) is 0 Å². The van der Waals surface area contributed by atoms with Crippen molar-refractivity contribution in [3.8, 4) is 6.07 Å². The fourth-order valence-electron chi connectivity index (χ4n) is 1.38. The van der Waals surface area contributed by atoms with E-state index in [0.717, 1.165) is 18.0 Å². The molecule has 0 fully saturated rings. The highest BCUT2D eigenvalue weighted by molar-refractivity contribution is 7.11. The van der Waals surface area contributed by atoms with Gasteiger partial charge in [0.05, 0.1) is 12.5 Å². The van der Waals surface area contributed by atoms with Crippen LogP contribution in [-0.4, -0.2) is 11.0 Å². The fraction of sp³-hybridized carbons (Fsp3) is 0.667. The first-order valence-corrected chi connectivity index (χ1v) is 6.54. The molecule has 1 atom stereocenters. The summed E-state index contributed by atoms with van der Waals surface area (Å²) in [6.07, 6.45) is 3.51. The lowest BCUT2D eigenvalue weighted by atomic mass is 10.2. The molecule has 0 aliphatic heterocycles. The van der Waals surface area contributed by atoms with Gasteiger partial charge in [0, 0.05) is 23.7 Å². The normalized spacial score (nSPS) is 12.7. The van der Waals surface area contributed by atoms with Crippen molar-refractivity contribution in [2.75, 3.05) is 0 Å². The molecule has 1 aromatic rings. The van der Waals surface area contributed by atoms with Crippen molar-refractivity contribution in [1.82, 2.24) is 10.3 Å². The number of hydrogen-bond acceptors (Lipinski definition) is 4. The molecule has 0 saturated carbocycles. The van der Waals surface area contributed by atoms with Gasteiger partial charge in [-0.05, 0) is 12.3 Å². The van der Waals surface area contributed by atoms with E-state index in [9.17, 15) is 0 Å². The van der Waals surface area contributed by atoms with E-state index in [1.165, 1.54) is 4.88 Å². The Morgan fingerprint density at radius 2 is 2.31 bits per heavy atom. The van der Waals surface area contributed by atoms with Crippen molar-refractivity contribution < 1.29 is 0 Å². The summed E-state index contributed by atoms with van der Waals surface area (Å²) >= 11 is 1.76. The van der Waals surface area contributed by atoms with Crippen LogP contribution in [0, 0.1) is 11.3 Å². The lowest BCUT2D eigenvalue weighted by Crippen LogP contribution is -2.27. The number of rotatable bonds is 6. The van der Waals surface area contributed by atoms with Crippen molar-refractivity contribution in [1.29, 1.82) is 5.26 Å². The van der Waals surface area contributed by atoms with Crippen molar-refractivity contribution in [3.63, 3.8) is 0 Å². The Morgan fingerprint density at radius 1 is 1.56 bits per heavy atom. The zero-order chi connectivity index (χ0) is 12.0. The molecule has 1 N–H and O–H groups in total. The first-order valence-electron chi connectivity index (χ1n) is 5.72. The highest BCUT2D eigenvalue weighted by atomic mass is 32.1. The van der Waals surface area contributed by atoms with Gasteiger partial charge in [0.2, 0.25) is 0 Å². The molecule has 0 radical (unpaired) electrons. The molecule has 0 aliphatic carbocycles. The topological polar surface area (TPSA) is 48.7 Å². The minimum atomic E-state index is 0.288. The predicted octanol–water partition coefficient (Wildman–Crippen LogP) is 3.05. The molecule has 1 heterocycles. The summed E-state index contributed by atoms with van der Waals surface area (Å²) in [5.74, 6) is 0.548. The summed E-state index contributed by atoms with van der Waals surface area (Å²) in [4.78, 5) is 5.70. The Kier molecular flexibility index (Phi) is 5.44. The van der Waals surface area contributed by atoms with Gasteiger partial charge in [0.25, 0.3) is 0 Å². The molecule has 0 saturated heterocycles. The molecular weight excluding hydrogens is 218 g/mol. The van der Waals surface area contributed by atoms with Crippen LogP contribution in [0.3, 0.4) is 0 Å². The quantitative estimate of drug-likeness (QED) is 0.827. The summed E-state index contributed by atoms with van der Waals surface area (Å²) in [6.45, 7) is 7.22. The lowest BCUT2D eigenvalue weighted by molar-refractivity contribution is 0.504. The van der Waals surface area contributed by atoms with Gasteiger partial charge in [0.1, 0.15) is 5.01 Å². The molecule has 0 aromatic carbocycles. The maximum absolute atomic E-state index is 8.64. The van der Waals surface area contributed by atoms with Gasteiger partial charge in [0.15, 0.2) is 0 Å². The number of aromatic nitrogens is 1. The number of nitriles is 1. The Morgan fingerprint density at radius 3 is 2.81 bits per heavy atom. The summed E-state index contributed by atoms with van der Waals surface area (Å²) in [5, 5.41) is 13.1. The van der Waals surface area contributed by atoms with Gasteiger partial charge in [-0.25, -0.2) is 4.98 Å². The van der Waals surface area contributed by atoms with Gasteiger partial charge in [-0.15, -0.1) is 11.3 Å². The van der Waals surface area contributed by atoms with Crippen molar-refractivity contribution >= 4 is 11.3 Å². The maximum atomic E-state index is 8.64. The third-order valence-corrected chi connectivity index (χ3v) is 3.81. The van der Waals surface area contributed by atoms with Crippen LogP contribution in [0.25, 0.3) is 0 Å². The average Bonchev–Trinajstić information content (AvgIpc) is 2.73. The Balaban J connectivity index is 2.44. The van der Waals surface area contributed by atoms with Crippen molar-refractivity contribution in [2.45, 2.75) is 52.1 Å². The molecule has 4 heteroatoms. The third kappa shape index (κ3) is 3.92. The van der Waals surface area contributed by atoms with E-state index in [1.54, 1.807) is 11.3 Å². The van der Waals surface area contributed by atoms with Crippen LogP contribution < -0.4 is 5.32 Å². The Labute approximate surface area is 102 Å². The van der Waals surface area contributed by atoms with Crippen LogP contribution in [0.2, 0.25) is 0 Å². The van der Waals surface area contributed by atoms with Gasteiger partial charge in [-0.3, -0.25) is 0 Å². The van der Waals surface area contributed by atoms with Crippen molar-refractivity contribution in [3.05, 3.63) is 16.1 Å². The van der Waals surface area contributed by atoms with E-state index in [-0.39, 0.29) is 6.04 Å². The van der Waals surface area contributed by atoms with E-state index < -0.39 is 0 Å². The third-order valence-electron chi connectivity index (χ3n) is 2.51. The van der Waals surface area contributed by atoms with Gasteiger partial charge in [-0.1, -0.05) is 20.8 Å². The maximum Gasteiger partial charge on any atom is 0.107 e. The van der Waals surface area contributed by atoms with Crippen LogP contribution in [-0.2, 0) is 6.54 Å². The van der Waals surface area contributed by atoms with Gasteiger partial charge < -0.3 is 5.32 Å². The molecule has 0 spiro atoms. The fourth-order valence-corrected chi connectivity index (χ4v) is 2.25. The molecule has 1 unspecified atom stereocenters. The minimum absolute atomic E-state index is 0.288. The molecule has 3 nitrogen and oxygen atoms in total. The van der Waals surface area contributed by atoms with Crippen LogP contribution >= 0.6 is 11.3 Å². The van der Waals surface area contributed by atoms with E-state index in [0.29, 0.717) is 12.3 Å². The summed E-state index contributed by atoms with van der Waals surface area (Å²) in [5.41, 5.74) is 0. The number of nitrogens with zero attached hydrogens (tertiary/aromatic N) is 2. The molecule has 0 bridgehead atoms. The van der Waals surface area contributed by atoms with E-state index in [4.69, 9.17) is 5.26 Å². The predicted molar refractivity (Wildman–Crippen MR) is 67.4 cm³/mol. The van der Waals surface area contributed by atoms with Gasteiger partial charge in [-0.2, -0.15) is 5.26 Å². The molecule has 1 rings (SSSR count). The molecule has 16 heavy (non-hydrogen) atoms. The second-order valence-electron chi connectivity index (χ2n) is 4.16. The van der Waals surface area contributed by atoms with E-state index in [2.05, 4.69) is 37.1 Å². The number of nitrogens with one attached hydrogen (secondary N) is 1. The zero-order valence-corrected chi connectivity index (χ0v) is 11.0. The molecule has 88 valence electrons. The lowest BCUT2D eigenvalue weighted by Gasteiger charge is -2.11. The monoisotopic (exact) mass is 237 g/mol. The molecule has 1 aromatic heterocycles. The summed E-state index contributed by atoms with van der Waals surface area (Å²) in [7, 11) is 0. The zero-order valence-electron chi connectivity index (χ0n) is 10.2. The smallest absolute Gasteiger partial charge is 0.107 e. The second kappa shape index (κ2) is 6.62. The Hall–Kier alpha value is -0.920. The average molecular weight is 237 g/mol. The second-order valence-corrected chi connectivity index (χ2v) is 5.31. The number of hydrogen-bond donors (Lipinski definition) is 1. The Bertz CT molecular complexity index is 351. The highest BCUT2D eigenvalue weighted by Gasteiger charge is 2.08. The molecule has 0 aliphatic rings. The summed E-state index contributed by atoms with van der Waals surface area (Å²) < 4.78 is 0. The summed E-state index contributed by atoms with van der Waals surface area (Å²) in [6, 6.07) is 2.49. The first-order chi connectivity index (χ1) is 7.67. The number of thiazole rings is 1. The van der Waals surface area contributed by atoms with Crippen LogP contribution in [0.15, 0.2) is 6.20 Å². The van der Waals surface area contributed by atoms with Crippen molar-refractivity contribution in [2.24, 2.45) is 0 Å².